The number of allylic oxidation sites excluding steroid dienone is 2. The molecule has 1 aromatic carbocycles. The average Bonchev–Trinajstić information content (AvgIpc) is 2.33. The Morgan fingerprint density at radius 3 is 2.47 bits per heavy atom. The van der Waals surface area contributed by atoms with Crippen LogP contribution in [0.4, 0.5) is 0 Å². The van der Waals surface area contributed by atoms with Crippen molar-refractivity contribution < 1.29 is 4.79 Å². The summed E-state index contributed by atoms with van der Waals surface area (Å²) in [5.41, 5.74) is 3.76. The zero-order valence-corrected chi connectivity index (χ0v) is 13.3. The minimum atomic E-state index is 0.243. The second-order valence-corrected chi connectivity index (χ2v) is 7.85. The van der Waals surface area contributed by atoms with Crippen molar-refractivity contribution in [2.24, 2.45) is 0 Å². The summed E-state index contributed by atoms with van der Waals surface area (Å²) in [4.78, 5) is 12.6. The van der Waals surface area contributed by atoms with Crippen molar-refractivity contribution in [3.05, 3.63) is 45.4 Å². The van der Waals surface area contributed by atoms with Crippen molar-refractivity contribution in [1.29, 1.82) is 0 Å². The molecule has 0 bridgehead atoms. The van der Waals surface area contributed by atoms with Crippen LogP contribution in [0.3, 0.4) is 0 Å². The molecule has 0 spiro atoms. The van der Waals surface area contributed by atoms with Crippen LogP contribution in [-0.2, 0) is 0 Å². The van der Waals surface area contributed by atoms with E-state index in [1.807, 2.05) is 24.3 Å². The molecule has 0 N–H and O–H groups in total. The van der Waals surface area contributed by atoms with E-state index in [2.05, 4.69) is 29.8 Å². The quantitative estimate of drug-likeness (QED) is 0.438. The molecular weight excluding hydrogens is 343 g/mol. The third-order valence-corrected chi connectivity index (χ3v) is 6.57. The normalized spacial score (nSPS) is 20.5. The second-order valence-electron chi connectivity index (χ2n) is 4.44. The SMILES string of the molecule is CC1=C(C)CC(C(=O)c2ccc(Br)cc2)[Se]C1. The molecule has 3 heteroatoms. The number of carbonyl (C=O) groups excluding carboxylic acids is 1. The molecule has 1 aliphatic rings. The van der Waals surface area contributed by atoms with Crippen LogP contribution in [0, 0.1) is 0 Å². The van der Waals surface area contributed by atoms with Gasteiger partial charge in [0.15, 0.2) is 0 Å². The van der Waals surface area contributed by atoms with E-state index < -0.39 is 0 Å². The van der Waals surface area contributed by atoms with Crippen LogP contribution >= 0.6 is 15.9 Å². The first-order valence-electron chi connectivity index (χ1n) is 5.64. The summed E-state index contributed by atoms with van der Waals surface area (Å²) in [6.45, 7) is 4.35. The Morgan fingerprint density at radius 1 is 1.24 bits per heavy atom. The van der Waals surface area contributed by atoms with Crippen LogP contribution in [0.25, 0.3) is 0 Å². The Morgan fingerprint density at radius 2 is 1.88 bits per heavy atom. The van der Waals surface area contributed by atoms with Crippen LogP contribution < -0.4 is 0 Å². The molecule has 0 aliphatic carbocycles. The fourth-order valence-corrected chi connectivity index (χ4v) is 4.93. The Hall–Kier alpha value is -0.371. The summed E-state index contributed by atoms with van der Waals surface area (Å²) in [7, 11) is 0. The first-order valence-corrected chi connectivity index (χ1v) is 8.64. The number of hydrogen-bond donors (Lipinski definition) is 0. The van der Waals surface area contributed by atoms with Gasteiger partial charge in [0.2, 0.25) is 0 Å². The molecule has 1 nitrogen and oxygen atoms in total. The van der Waals surface area contributed by atoms with Gasteiger partial charge in [-0.3, -0.25) is 0 Å². The number of rotatable bonds is 2. The number of ketones is 1. The summed E-state index contributed by atoms with van der Waals surface area (Å²) >= 11 is 3.82. The van der Waals surface area contributed by atoms with Gasteiger partial charge in [0.1, 0.15) is 0 Å². The molecule has 0 saturated heterocycles. The molecule has 17 heavy (non-hydrogen) atoms. The third kappa shape index (κ3) is 3.09. The van der Waals surface area contributed by atoms with Gasteiger partial charge in [-0.25, -0.2) is 0 Å². The van der Waals surface area contributed by atoms with Gasteiger partial charge in [0.25, 0.3) is 0 Å². The standard InChI is InChI=1S/C14H15BrOSe/c1-9-7-13(17-8-10(9)2)14(16)11-3-5-12(15)6-4-11/h3-6,13H,7-8H2,1-2H3. The molecule has 1 heterocycles. The van der Waals surface area contributed by atoms with E-state index in [0.717, 1.165) is 21.8 Å². The monoisotopic (exact) mass is 358 g/mol. The number of benzene rings is 1. The van der Waals surface area contributed by atoms with Gasteiger partial charge in [0.05, 0.1) is 0 Å². The molecule has 0 aromatic heterocycles. The van der Waals surface area contributed by atoms with Crippen molar-refractivity contribution in [3.63, 3.8) is 0 Å². The average molecular weight is 358 g/mol. The summed E-state index contributed by atoms with van der Waals surface area (Å²) in [5, 5.41) is 1.13. The maximum atomic E-state index is 12.3. The van der Waals surface area contributed by atoms with Crippen molar-refractivity contribution in [2.75, 3.05) is 0 Å². The van der Waals surface area contributed by atoms with Crippen LogP contribution in [0.15, 0.2) is 39.9 Å². The van der Waals surface area contributed by atoms with Crippen molar-refractivity contribution in [3.8, 4) is 0 Å². The fourth-order valence-electron chi connectivity index (χ4n) is 1.83. The van der Waals surface area contributed by atoms with Crippen molar-refractivity contribution >= 4 is 36.7 Å². The van der Waals surface area contributed by atoms with Gasteiger partial charge in [-0.2, -0.15) is 0 Å². The van der Waals surface area contributed by atoms with Gasteiger partial charge < -0.3 is 0 Å². The van der Waals surface area contributed by atoms with Crippen LogP contribution in [-0.4, -0.2) is 20.7 Å². The molecule has 1 unspecified atom stereocenters. The van der Waals surface area contributed by atoms with Gasteiger partial charge in [0, 0.05) is 0 Å². The molecule has 0 amide bonds. The number of hydrogen-bond acceptors (Lipinski definition) is 1. The van der Waals surface area contributed by atoms with Gasteiger partial charge in [-0.1, -0.05) is 0 Å². The first-order chi connectivity index (χ1) is 8.08. The zero-order valence-electron chi connectivity index (χ0n) is 10.00. The van der Waals surface area contributed by atoms with E-state index in [4.69, 9.17) is 0 Å². The third-order valence-electron chi connectivity index (χ3n) is 3.14. The van der Waals surface area contributed by atoms with Crippen molar-refractivity contribution in [1.82, 2.24) is 0 Å². The van der Waals surface area contributed by atoms with E-state index in [1.165, 1.54) is 11.1 Å². The Balaban J connectivity index is 2.14. The molecule has 1 aromatic rings. The second kappa shape index (κ2) is 5.51. The minimum absolute atomic E-state index is 0.243. The van der Waals surface area contributed by atoms with E-state index in [1.54, 1.807) is 0 Å². The van der Waals surface area contributed by atoms with Crippen LogP contribution in [0.5, 0.6) is 0 Å². The summed E-state index contributed by atoms with van der Waals surface area (Å²) in [5.74, 6) is 0.323. The molecule has 2 rings (SSSR count). The number of halogens is 1. The molecule has 90 valence electrons. The maximum absolute atomic E-state index is 12.3. The van der Waals surface area contributed by atoms with Crippen LogP contribution in [0.2, 0.25) is 10.1 Å². The van der Waals surface area contributed by atoms with Gasteiger partial charge >= 0.3 is 117 Å². The first kappa shape index (κ1) is 13.1. The van der Waals surface area contributed by atoms with E-state index >= 15 is 0 Å². The molecule has 0 fully saturated rings. The van der Waals surface area contributed by atoms with E-state index in [9.17, 15) is 4.79 Å². The van der Waals surface area contributed by atoms with Gasteiger partial charge in [-0.05, 0) is 0 Å². The van der Waals surface area contributed by atoms with E-state index in [0.29, 0.717) is 20.7 Å². The summed E-state index contributed by atoms with van der Waals surface area (Å²) in [6.07, 6.45) is 0.959. The summed E-state index contributed by atoms with van der Waals surface area (Å²) < 4.78 is 1.02. The Kier molecular flexibility index (Phi) is 4.24. The van der Waals surface area contributed by atoms with Crippen molar-refractivity contribution in [2.45, 2.75) is 30.4 Å². The fraction of sp³-hybridized carbons (Fsp3) is 0.357. The molecule has 1 atom stereocenters. The molecule has 0 saturated carbocycles. The zero-order chi connectivity index (χ0) is 12.4. The number of carbonyl (C=O) groups is 1. The predicted octanol–water partition coefficient (Wildman–Crippen LogP) is 4.28. The molecule has 0 radical (unpaired) electrons. The topological polar surface area (TPSA) is 17.1 Å². The predicted molar refractivity (Wildman–Crippen MR) is 75.8 cm³/mol. The Labute approximate surface area is 117 Å². The Bertz CT molecular complexity index is 462. The summed E-state index contributed by atoms with van der Waals surface area (Å²) in [6, 6.07) is 7.72. The number of Topliss-reactive ketones (excluding diaryl/α,β-unsaturated/α-hetero) is 1. The van der Waals surface area contributed by atoms with Crippen LogP contribution in [0.1, 0.15) is 30.6 Å². The molecular formula is C14H15BrOSe. The van der Waals surface area contributed by atoms with Gasteiger partial charge in [-0.15, -0.1) is 0 Å². The molecule has 1 aliphatic heterocycles. The van der Waals surface area contributed by atoms with E-state index in [-0.39, 0.29) is 4.82 Å².